The Hall–Kier alpha value is -1.40. The second-order valence-corrected chi connectivity index (χ2v) is 4.96. The smallest absolute Gasteiger partial charge is 0.225 e. The summed E-state index contributed by atoms with van der Waals surface area (Å²) in [5.74, 6) is 1.14. The lowest BCUT2D eigenvalue weighted by atomic mass is 10.2. The Balaban J connectivity index is 1.67. The summed E-state index contributed by atoms with van der Waals surface area (Å²) in [6.45, 7) is 3.04. The van der Waals surface area contributed by atoms with Crippen LogP contribution >= 0.6 is 0 Å². The summed E-state index contributed by atoms with van der Waals surface area (Å²) in [6, 6.07) is 0.176. The molecule has 0 bridgehead atoms. The lowest BCUT2D eigenvalue weighted by molar-refractivity contribution is -0.131. The third-order valence-corrected chi connectivity index (χ3v) is 3.78. The second kappa shape index (κ2) is 4.70. The Morgan fingerprint density at radius 1 is 1.56 bits per heavy atom. The quantitative estimate of drug-likeness (QED) is 0.792. The van der Waals surface area contributed by atoms with Gasteiger partial charge in [0.25, 0.3) is 0 Å². The van der Waals surface area contributed by atoms with Gasteiger partial charge in [-0.25, -0.2) is 4.98 Å². The van der Waals surface area contributed by atoms with E-state index >= 15 is 0 Å². The molecule has 2 fully saturated rings. The van der Waals surface area contributed by atoms with E-state index in [2.05, 4.69) is 14.9 Å². The normalized spacial score (nSPS) is 29.4. The summed E-state index contributed by atoms with van der Waals surface area (Å²) in [5.41, 5.74) is 0. The Morgan fingerprint density at radius 2 is 2.44 bits per heavy atom. The fourth-order valence-corrected chi connectivity index (χ4v) is 2.75. The van der Waals surface area contributed by atoms with E-state index in [1.54, 1.807) is 6.20 Å². The van der Waals surface area contributed by atoms with E-state index in [9.17, 15) is 4.79 Å². The second-order valence-electron chi connectivity index (χ2n) is 4.96. The number of imidazole rings is 1. The number of aromatic nitrogens is 2. The van der Waals surface area contributed by atoms with Crippen molar-refractivity contribution in [3.63, 3.8) is 0 Å². The maximum atomic E-state index is 11.8. The van der Waals surface area contributed by atoms with Gasteiger partial charge in [0.2, 0.25) is 5.91 Å². The number of aromatic amines is 1. The number of hydrogen-bond donors (Lipinski definition) is 1. The molecule has 2 aliphatic heterocycles. The molecule has 2 aliphatic rings. The average Bonchev–Trinajstić information content (AvgIpc) is 2.96. The number of H-pyrrole nitrogens is 1. The summed E-state index contributed by atoms with van der Waals surface area (Å²) in [5, 5.41) is 0. The minimum absolute atomic E-state index is 0.136. The van der Waals surface area contributed by atoms with E-state index in [1.807, 2.05) is 18.1 Å². The largest absolute Gasteiger partial charge is 0.374 e. The number of amides is 1. The highest BCUT2D eigenvalue weighted by Crippen LogP contribution is 2.22. The molecule has 0 radical (unpaired) electrons. The van der Waals surface area contributed by atoms with Crippen molar-refractivity contribution in [3.05, 3.63) is 18.2 Å². The number of nitrogens with one attached hydrogen (secondary N) is 1. The molecule has 0 saturated carbocycles. The van der Waals surface area contributed by atoms with Gasteiger partial charge in [-0.3, -0.25) is 9.69 Å². The van der Waals surface area contributed by atoms with E-state index in [-0.39, 0.29) is 18.1 Å². The van der Waals surface area contributed by atoms with Crippen molar-refractivity contribution >= 4 is 5.91 Å². The van der Waals surface area contributed by atoms with Crippen molar-refractivity contribution in [2.45, 2.75) is 25.1 Å². The molecule has 3 heterocycles. The Labute approximate surface area is 106 Å². The number of carbonyl (C=O) groups is 1. The molecule has 1 aromatic rings. The number of ether oxygens (including phenoxy) is 1. The van der Waals surface area contributed by atoms with Crippen LogP contribution in [0.2, 0.25) is 0 Å². The van der Waals surface area contributed by atoms with Crippen molar-refractivity contribution in [2.24, 2.45) is 0 Å². The Morgan fingerprint density at radius 3 is 3.22 bits per heavy atom. The SMILES string of the molecule is CN1C(=O)CCO[C@H]2CN(Cc3ncc[nH]3)C[C@@H]21. The van der Waals surface area contributed by atoms with E-state index in [0.717, 1.165) is 25.5 Å². The minimum atomic E-state index is 0.136. The van der Waals surface area contributed by atoms with Gasteiger partial charge in [-0.2, -0.15) is 0 Å². The van der Waals surface area contributed by atoms with Gasteiger partial charge in [0.15, 0.2) is 0 Å². The lowest BCUT2D eigenvalue weighted by Gasteiger charge is -2.25. The molecule has 0 spiro atoms. The number of likely N-dealkylation sites (tertiary alicyclic amines) is 1. The van der Waals surface area contributed by atoms with Crippen molar-refractivity contribution in [1.82, 2.24) is 19.8 Å². The van der Waals surface area contributed by atoms with Crippen molar-refractivity contribution in [2.75, 3.05) is 26.7 Å². The highest BCUT2D eigenvalue weighted by atomic mass is 16.5. The first kappa shape index (κ1) is 11.7. The van der Waals surface area contributed by atoms with E-state index in [4.69, 9.17) is 4.74 Å². The number of likely N-dealkylation sites (N-methyl/N-ethyl adjacent to an activating group) is 1. The van der Waals surface area contributed by atoms with Crippen LogP contribution in [0.3, 0.4) is 0 Å². The van der Waals surface area contributed by atoms with E-state index in [0.29, 0.717) is 13.0 Å². The van der Waals surface area contributed by atoms with Crippen molar-refractivity contribution in [3.8, 4) is 0 Å². The first-order valence-corrected chi connectivity index (χ1v) is 6.32. The van der Waals surface area contributed by atoms with Gasteiger partial charge in [-0.15, -0.1) is 0 Å². The van der Waals surface area contributed by atoms with Crippen molar-refractivity contribution in [1.29, 1.82) is 0 Å². The number of nitrogens with zero attached hydrogens (tertiary/aromatic N) is 3. The molecule has 3 rings (SSSR count). The maximum absolute atomic E-state index is 11.8. The molecule has 2 atom stereocenters. The highest BCUT2D eigenvalue weighted by molar-refractivity contribution is 5.76. The molecule has 0 aromatic carbocycles. The number of carbonyl (C=O) groups excluding carboxylic acids is 1. The van der Waals surface area contributed by atoms with Crippen LogP contribution in [-0.4, -0.2) is 64.6 Å². The van der Waals surface area contributed by atoms with Gasteiger partial charge >= 0.3 is 0 Å². The van der Waals surface area contributed by atoms with Gasteiger partial charge in [-0.05, 0) is 0 Å². The summed E-state index contributed by atoms with van der Waals surface area (Å²) in [7, 11) is 1.88. The van der Waals surface area contributed by atoms with Gasteiger partial charge in [0, 0.05) is 32.5 Å². The monoisotopic (exact) mass is 250 g/mol. The number of hydrogen-bond acceptors (Lipinski definition) is 4. The molecule has 1 aromatic heterocycles. The summed E-state index contributed by atoms with van der Waals surface area (Å²) < 4.78 is 5.78. The molecule has 6 heteroatoms. The summed E-state index contributed by atoms with van der Waals surface area (Å²) in [4.78, 5) is 23.3. The predicted molar refractivity (Wildman–Crippen MR) is 64.8 cm³/mol. The molecule has 2 saturated heterocycles. The Bertz CT molecular complexity index is 420. The van der Waals surface area contributed by atoms with Crippen LogP contribution in [0.15, 0.2) is 12.4 Å². The fraction of sp³-hybridized carbons (Fsp3) is 0.667. The molecule has 18 heavy (non-hydrogen) atoms. The zero-order valence-electron chi connectivity index (χ0n) is 10.5. The van der Waals surface area contributed by atoms with Crippen LogP contribution in [-0.2, 0) is 16.1 Å². The van der Waals surface area contributed by atoms with Crippen LogP contribution in [0.25, 0.3) is 0 Å². The van der Waals surface area contributed by atoms with Gasteiger partial charge in [0.05, 0.1) is 31.7 Å². The highest BCUT2D eigenvalue weighted by Gasteiger charge is 2.39. The van der Waals surface area contributed by atoms with Crippen LogP contribution in [0.1, 0.15) is 12.2 Å². The fourth-order valence-electron chi connectivity index (χ4n) is 2.75. The number of rotatable bonds is 2. The number of fused-ring (bicyclic) bond motifs is 1. The third kappa shape index (κ3) is 2.13. The first-order chi connectivity index (χ1) is 8.74. The molecule has 6 nitrogen and oxygen atoms in total. The average molecular weight is 250 g/mol. The van der Waals surface area contributed by atoms with Gasteiger partial charge in [-0.1, -0.05) is 0 Å². The molecule has 98 valence electrons. The van der Waals surface area contributed by atoms with Crippen LogP contribution in [0.4, 0.5) is 0 Å². The molecule has 1 amide bonds. The Kier molecular flexibility index (Phi) is 3.05. The lowest BCUT2D eigenvalue weighted by Crippen LogP contribution is -2.42. The van der Waals surface area contributed by atoms with Gasteiger partial charge in [0.1, 0.15) is 5.82 Å². The molecule has 0 unspecified atom stereocenters. The standard InChI is InChI=1S/C12H18N4O2/c1-15-9-6-16(8-11-13-3-4-14-11)7-10(9)18-5-2-12(15)17/h3-4,9-10H,2,5-8H2,1H3,(H,13,14)/t9-,10-/m0/s1. The molecule has 1 N–H and O–H groups in total. The van der Waals surface area contributed by atoms with E-state index in [1.165, 1.54) is 0 Å². The summed E-state index contributed by atoms with van der Waals surface area (Å²) >= 11 is 0. The topological polar surface area (TPSA) is 61.5 Å². The zero-order valence-corrected chi connectivity index (χ0v) is 10.5. The zero-order chi connectivity index (χ0) is 12.5. The molecular weight excluding hydrogens is 232 g/mol. The predicted octanol–water partition coefficient (Wildman–Crippen LogP) is -0.159. The van der Waals surface area contributed by atoms with Crippen LogP contribution in [0, 0.1) is 0 Å². The minimum Gasteiger partial charge on any atom is -0.374 e. The van der Waals surface area contributed by atoms with Crippen LogP contribution < -0.4 is 0 Å². The molecular formula is C12H18N4O2. The first-order valence-electron chi connectivity index (χ1n) is 6.32. The van der Waals surface area contributed by atoms with Crippen LogP contribution in [0.5, 0.6) is 0 Å². The van der Waals surface area contributed by atoms with Gasteiger partial charge < -0.3 is 14.6 Å². The van der Waals surface area contributed by atoms with E-state index < -0.39 is 0 Å². The van der Waals surface area contributed by atoms with Crippen molar-refractivity contribution < 1.29 is 9.53 Å². The third-order valence-electron chi connectivity index (χ3n) is 3.78. The maximum Gasteiger partial charge on any atom is 0.225 e. The summed E-state index contributed by atoms with van der Waals surface area (Å²) in [6.07, 6.45) is 4.23. The molecule has 0 aliphatic carbocycles.